The van der Waals surface area contributed by atoms with Gasteiger partial charge in [0.1, 0.15) is 12.4 Å². The molecule has 3 aromatic carbocycles. The van der Waals surface area contributed by atoms with E-state index in [0.29, 0.717) is 23.9 Å². The molecule has 8 heteroatoms. The highest BCUT2D eigenvalue weighted by Crippen LogP contribution is 2.54. The number of anilines is 1. The van der Waals surface area contributed by atoms with Gasteiger partial charge in [0.05, 0.1) is 41.4 Å². The molecule has 0 bridgehead atoms. The molecule has 1 aliphatic heterocycles. The number of nitrogens with zero attached hydrogens (tertiary/aromatic N) is 1. The molecule has 5 rings (SSSR count). The molecule has 0 spiro atoms. The Morgan fingerprint density at radius 2 is 1.86 bits per heavy atom. The molecule has 0 saturated heterocycles. The number of fused-ring (bicyclic) bond motifs is 3. The van der Waals surface area contributed by atoms with Crippen LogP contribution in [0.3, 0.4) is 0 Å². The van der Waals surface area contributed by atoms with Crippen LogP contribution in [-0.2, 0) is 6.61 Å². The normalized spacial score (nSPS) is 19.9. The van der Waals surface area contributed by atoms with E-state index < -0.39 is 0 Å². The topological polar surface area (TPSA) is 82.9 Å². The molecule has 0 radical (unpaired) electrons. The van der Waals surface area contributed by atoms with Crippen LogP contribution in [0.25, 0.3) is 0 Å². The van der Waals surface area contributed by atoms with Crippen LogP contribution >= 0.6 is 15.9 Å². The van der Waals surface area contributed by atoms with Gasteiger partial charge in [-0.05, 0) is 57.1 Å². The third kappa shape index (κ3) is 4.34. The lowest BCUT2D eigenvalue weighted by atomic mass is 9.76. The predicted molar refractivity (Wildman–Crippen MR) is 137 cm³/mol. The second-order valence-corrected chi connectivity index (χ2v) is 9.51. The first-order valence-corrected chi connectivity index (χ1v) is 12.1. The quantitative estimate of drug-likeness (QED) is 0.203. The summed E-state index contributed by atoms with van der Waals surface area (Å²) in [7, 11) is 3.16. The van der Waals surface area contributed by atoms with Gasteiger partial charge in [-0.15, -0.1) is 0 Å². The van der Waals surface area contributed by atoms with E-state index in [2.05, 4.69) is 39.5 Å². The zero-order chi connectivity index (χ0) is 24.5. The number of hydrogen-bond donors (Lipinski definition) is 1. The lowest BCUT2D eigenvalue weighted by Crippen LogP contribution is -2.29. The molecule has 7 nitrogen and oxygen atoms in total. The molecule has 0 fully saturated rings. The minimum absolute atomic E-state index is 0.0317. The molecule has 3 atom stereocenters. The maximum absolute atomic E-state index is 11.5. The number of non-ortho nitro benzene ring substituents is 1. The summed E-state index contributed by atoms with van der Waals surface area (Å²) in [5.74, 6) is 1.99. The van der Waals surface area contributed by atoms with Crippen molar-refractivity contribution >= 4 is 27.3 Å². The van der Waals surface area contributed by atoms with Crippen molar-refractivity contribution in [2.75, 3.05) is 19.5 Å². The minimum Gasteiger partial charge on any atom is -0.494 e. The number of benzene rings is 3. The first-order valence-electron chi connectivity index (χ1n) is 11.3. The number of ether oxygens (including phenoxy) is 3. The van der Waals surface area contributed by atoms with Gasteiger partial charge < -0.3 is 19.5 Å². The molecular weight excluding hydrogens is 512 g/mol. The van der Waals surface area contributed by atoms with E-state index in [9.17, 15) is 10.1 Å². The number of nitro benzene ring substituents is 1. The Morgan fingerprint density at radius 3 is 2.57 bits per heavy atom. The number of halogens is 1. The molecule has 180 valence electrons. The van der Waals surface area contributed by atoms with Gasteiger partial charge in [-0.1, -0.05) is 42.5 Å². The summed E-state index contributed by atoms with van der Waals surface area (Å²) in [6.07, 6.45) is 5.15. The maximum atomic E-state index is 11.5. The van der Waals surface area contributed by atoms with Crippen molar-refractivity contribution in [2.24, 2.45) is 5.92 Å². The molecule has 3 aromatic rings. The fourth-order valence-electron chi connectivity index (χ4n) is 5.04. The van der Waals surface area contributed by atoms with Gasteiger partial charge in [0.25, 0.3) is 5.69 Å². The largest absolute Gasteiger partial charge is 0.494 e. The second-order valence-electron chi connectivity index (χ2n) is 8.65. The van der Waals surface area contributed by atoms with E-state index in [1.807, 2.05) is 36.4 Å². The van der Waals surface area contributed by atoms with Gasteiger partial charge in [0, 0.05) is 12.0 Å². The highest BCUT2D eigenvalue weighted by Gasteiger charge is 2.40. The van der Waals surface area contributed by atoms with Crippen LogP contribution in [0.1, 0.15) is 35.1 Å². The van der Waals surface area contributed by atoms with Crippen LogP contribution in [-0.4, -0.2) is 19.1 Å². The lowest BCUT2D eigenvalue weighted by Gasteiger charge is -2.38. The second kappa shape index (κ2) is 9.62. The van der Waals surface area contributed by atoms with E-state index in [0.717, 1.165) is 33.3 Å². The van der Waals surface area contributed by atoms with Crippen molar-refractivity contribution in [1.82, 2.24) is 0 Å². The Bertz CT molecular complexity index is 1290. The summed E-state index contributed by atoms with van der Waals surface area (Å²) in [4.78, 5) is 11.1. The van der Waals surface area contributed by atoms with E-state index in [1.165, 1.54) is 13.2 Å². The zero-order valence-electron chi connectivity index (χ0n) is 19.4. The average Bonchev–Trinajstić information content (AvgIpc) is 3.37. The van der Waals surface area contributed by atoms with Crippen molar-refractivity contribution < 1.29 is 19.1 Å². The van der Waals surface area contributed by atoms with Crippen LogP contribution in [0, 0.1) is 16.0 Å². The van der Waals surface area contributed by atoms with Crippen LogP contribution in [0.4, 0.5) is 11.4 Å². The average molecular weight is 537 g/mol. The number of rotatable bonds is 7. The monoisotopic (exact) mass is 536 g/mol. The standard InChI is InChI=1S/C27H25BrN2O5/c1-33-23-14-18(30(31)32)13-21-19-9-6-10-20(19)25(29-26(21)23)17-11-22(28)27(24(12-17)34-2)35-15-16-7-4-3-5-8-16/h3-9,11-14,19-20,25,29H,10,15H2,1-2H3/t19-,20+,25+/m0/s1. The summed E-state index contributed by atoms with van der Waals surface area (Å²) in [6.45, 7) is 0.425. The van der Waals surface area contributed by atoms with E-state index in [1.54, 1.807) is 13.2 Å². The lowest BCUT2D eigenvalue weighted by molar-refractivity contribution is -0.385. The van der Waals surface area contributed by atoms with Crippen molar-refractivity contribution in [1.29, 1.82) is 0 Å². The number of allylic oxidation sites excluding steroid dienone is 2. The number of nitrogens with one attached hydrogen (secondary N) is 1. The molecule has 1 N–H and O–H groups in total. The third-order valence-corrected chi connectivity index (χ3v) is 7.27. The van der Waals surface area contributed by atoms with Crippen molar-refractivity contribution in [3.8, 4) is 17.2 Å². The number of nitro groups is 1. The van der Waals surface area contributed by atoms with Gasteiger partial charge in [0.15, 0.2) is 11.5 Å². The van der Waals surface area contributed by atoms with Crippen LogP contribution < -0.4 is 19.5 Å². The van der Waals surface area contributed by atoms with E-state index >= 15 is 0 Å². The zero-order valence-corrected chi connectivity index (χ0v) is 20.9. The van der Waals surface area contributed by atoms with Crippen LogP contribution in [0.2, 0.25) is 0 Å². The Balaban J connectivity index is 1.51. The van der Waals surface area contributed by atoms with Crippen molar-refractivity contribution in [2.45, 2.75) is 25.0 Å². The molecule has 0 aromatic heterocycles. The first kappa shape index (κ1) is 23.2. The molecule has 0 saturated carbocycles. The maximum Gasteiger partial charge on any atom is 0.273 e. The Labute approximate surface area is 212 Å². The van der Waals surface area contributed by atoms with E-state index in [-0.39, 0.29) is 28.5 Å². The Kier molecular flexibility index (Phi) is 6.38. The first-order chi connectivity index (χ1) is 17.0. The van der Waals surface area contributed by atoms with Crippen molar-refractivity contribution in [3.63, 3.8) is 0 Å². The minimum atomic E-state index is -0.376. The molecule has 0 amide bonds. The Morgan fingerprint density at radius 1 is 1.09 bits per heavy atom. The summed E-state index contributed by atoms with van der Waals surface area (Å²) < 4.78 is 18.2. The summed E-state index contributed by atoms with van der Waals surface area (Å²) >= 11 is 3.69. The number of methoxy groups -OCH3 is 2. The van der Waals surface area contributed by atoms with Gasteiger partial charge in [0.2, 0.25) is 0 Å². The molecule has 0 unspecified atom stereocenters. The fraction of sp³-hybridized carbons (Fsp3) is 0.259. The molecule has 35 heavy (non-hydrogen) atoms. The Hall–Kier alpha value is -3.52. The van der Waals surface area contributed by atoms with Crippen molar-refractivity contribution in [3.05, 3.63) is 98.0 Å². The van der Waals surface area contributed by atoms with E-state index in [4.69, 9.17) is 14.2 Å². The highest BCUT2D eigenvalue weighted by atomic mass is 79.9. The van der Waals surface area contributed by atoms with Gasteiger partial charge in [-0.2, -0.15) is 0 Å². The smallest absolute Gasteiger partial charge is 0.273 e. The number of hydrogen-bond acceptors (Lipinski definition) is 6. The van der Waals surface area contributed by atoms with Gasteiger partial charge >= 0.3 is 0 Å². The van der Waals surface area contributed by atoms with Crippen LogP contribution in [0.15, 0.2) is 71.2 Å². The highest BCUT2D eigenvalue weighted by molar-refractivity contribution is 9.10. The molecule has 2 aliphatic rings. The fourth-order valence-corrected chi connectivity index (χ4v) is 5.61. The summed E-state index contributed by atoms with van der Waals surface area (Å²) in [6, 6.07) is 17.1. The van der Waals surface area contributed by atoms with Gasteiger partial charge in [-0.3, -0.25) is 10.1 Å². The summed E-state index contributed by atoms with van der Waals surface area (Å²) in [5, 5.41) is 15.1. The summed E-state index contributed by atoms with van der Waals surface area (Å²) in [5.41, 5.74) is 3.81. The predicted octanol–water partition coefficient (Wildman–Crippen LogP) is 6.78. The molecule has 1 aliphatic carbocycles. The molecule has 1 heterocycles. The SMILES string of the molecule is COc1cc([N+](=O)[O-])cc2c1N[C@H](c1cc(Br)c(OCc3ccccc3)c(OC)c1)[C@@H]1CC=C[C@H]21. The molecular formula is C27H25BrN2O5. The van der Waals surface area contributed by atoms with Gasteiger partial charge in [-0.25, -0.2) is 0 Å². The van der Waals surface area contributed by atoms with Crippen LogP contribution in [0.5, 0.6) is 17.2 Å². The third-order valence-electron chi connectivity index (χ3n) is 6.69.